The van der Waals surface area contributed by atoms with Gasteiger partial charge in [-0.1, -0.05) is 42.5 Å². The molecule has 0 aliphatic carbocycles. The molecule has 4 rings (SSSR count). The van der Waals surface area contributed by atoms with Crippen molar-refractivity contribution in [1.29, 1.82) is 0 Å². The van der Waals surface area contributed by atoms with E-state index in [2.05, 4.69) is 20.6 Å². The van der Waals surface area contributed by atoms with Crippen LogP contribution in [0.4, 0.5) is 0 Å². The van der Waals surface area contributed by atoms with Crippen LogP contribution in [0, 0.1) is 0 Å². The second-order valence-electron chi connectivity index (χ2n) is 6.61. The van der Waals surface area contributed by atoms with E-state index in [1.54, 1.807) is 12.1 Å². The van der Waals surface area contributed by atoms with Gasteiger partial charge in [0.05, 0.1) is 23.8 Å². The Morgan fingerprint density at radius 1 is 1.00 bits per heavy atom. The van der Waals surface area contributed by atoms with Crippen LogP contribution in [-0.2, 0) is 17.8 Å². The van der Waals surface area contributed by atoms with Gasteiger partial charge in [-0.2, -0.15) is 0 Å². The highest BCUT2D eigenvalue weighted by molar-refractivity contribution is 5.95. The molecule has 0 radical (unpaired) electrons. The van der Waals surface area contributed by atoms with E-state index in [4.69, 9.17) is 4.42 Å². The van der Waals surface area contributed by atoms with Gasteiger partial charge in [-0.15, -0.1) is 0 Å². The van der Waals surface area contributed by atoms with Crippen LogP contribution in [0.2, 0.25) is 0 Å². The maximum atomic E-state index is 12.8. The van der Waals surface area contributed by atoms with Crippen LogP contribution >= 0.6 is 0 Å². The number of amides is 2. The molecule has 0 saturated heterocycles. The molecule has 0 fully saturated rings. The Bertz CT molecular complexity index is 1070. The molecule has 3 N–H and O–H groups in total. The minimum absolute atomic E-state index is 0.160. The van der Waals surface area contributed by atoms with Crippen molar-refractivity contribution in [3.63, 3.8) is 0 Å². The summed E-state index contributed by atoms with van der Waals surface area (Å²) in [6.07, 6.45) is 1.78. The Balaban J connectivity index is 1.46. The minimum atomic E-state index is -0.751. The van der Waals surface area contributed by atoms with Gasteiger partial charge in [0, 0.05) is 6.42 Å². The second-order valence-corrected chi connectivity index (χ2v) is 6.61. The summed E-state index contributed by atoms with van der Waals surface area (Å²) in [5.74, 6) is 0.0764. The van der Waals surface area contributed by atoms with Gasteiger partial charge in [-0.3, -0.25) is 9.59 Å². The molecule has 29 heavy (non-hydrogen) atoms. The van der Waals surface area contributed by atoms with E-state index in [1.165, 1.54) is 6.26 Å². The number of carbonyl (C=O) groups excluding carboxylic acids is 2. The van der Waals surface area contributed by atoms with Gasteiger partial charge in [0.15, 0.2) is 5.76 Å². The molecule has 0 aliphatic rings. The first-order valence-corrected chi connectivity index (χ1v) is 9.28. The average molecular weight is 388 g/mol. The zero-order valence-electron chi connectivity index (χ0n) is 15.6. The van der Waals surface area contributed by atoms with E-state index >= 15 is 0 Å². The number of imidazole rings is 1. The lowest BCUT2D eigenvalue weighted by Gasteiger charge is -2.18. The summed E-state index contributed by atoms with van der Waals surface area (Å²) in [5.41, 5.74) is 2.68. The molecule has 1 unspecified atom stereocenters. The SMILES string of the molecule is O=C(NC(Cc1ccccc1)C(=O)NCc1nc2ccccc2[nH]1)c1ccco1. The molecule has 0 saturated carbocycles. The van der Waals surface area contributed by atoms with Crippen LogP contribution in [0.25, 0.3) is 11.0 Å². The van der Waals surface area contributed by atoms with Crippen molar-refractivity contribution in [2.75, 3.05) is 0 Å². The lowest BCUT2D eigenvalue weighted by atomic mass is 10.1. The van der Waals surface area contributed by atoms with Gasteiger partial charge >= 0.3 is 0 Å². The molecule has 7 nitrogen and oxygen atoms in total. The van der Waals surface area contributed by atoms with Crippen molar-refractivity contribution in [2.24, 2.45) is 0 Å². The number of carbonyl (C=O) groups is 2. The maximum absolute atomic E-state index is 12.8. The number of nitrogens with zero attached hydrogens (tertiary/aromatic N) is 1. The zero-order chi connectivity index (χ0) is 20.1. The Hall–Kier alpha value is -3.87. The lowest BCUT2D eigenvalue weighted by molar-refractivity contribution is -0.123. The largest absolute Gasteiger partial charge is 0.459 e. The first-order valence-electron chi connectivity index (χ1n) is 9.28. The van der Waals surface area contributed by atoms with Crippen molar-refractivity contribution >= 4 is 22.8 Å². The molecule has 0 spiro atoms. The number of para-hydroxylation sites is 2. The molecule has 2 heterocycles. The Morgan fingerprint density at radius 3 is 2.55 bits per heavy atom. The number of furan rings is 1. The summed E-state index contributed by atoms with van der Waals surface area (Å²) in [6.45, 7) is 0.232. The molecule has 2 aromatic carbocycles. The number of aromatic amines is 1. The highest BCUT2D eigenvalue weighted by Gasteiger charge is 2.23. The number of fused-ring (bicyclic) bond motifs is 1. The highest BCUT2D eigenvalue weighted by atomic mass is 16.3. The first-order chi connectivity index (χ1) is 14.2. The molecule has 4 aromatic rings. The molecule has 0 bridgehead atoms. The number of H-pyrrole nitrogens is 1. The van der Waals surface area contributed by atoms with Crippen molar-refractivity contribution in [3.8, 4) is 0 Å². The molecule has 146 valence electrons. The average Bonchev–Trinajstić information content (AvgIpc) is 3.42. The predicted molar refractivity (Wildman–Crippen MR) is 108 cm³/mol. The summed E-state index contributed by atoms with van der Waals surface area (Å²) in [4.78, 5) is 32.9. The van der Waals surface area contributed by atoms with E-state index < -0.39 is 11.9 Å². The summed E-state index contributed by atoms with van der Waals surface area (Å²) in [7, 11) is 0. The molecule has 2 aromatic heterocycles. The molecule has 1 atom stereocenters. The van der Waals surface area contributed by atoms with E-state index in [1.807, 2.05) is 54.6 Å². The standard InChI is InChI=1S/C22H20N4O3/c27-21(23-14-20-24-16-9-4-5-10-17(16)25-20)18(13-15-7-2-1-3-8-15)26-22(28)19-11-6-12-29-19/h1-12,18H,13-14H2,(H,23,27)(H,24,25)(H,26,28). The van der Waals surface area contributed by atoms with Gasteiger partial charge in [0.2, 0.25) is 5.91 Å². The Kier molecular flexibility index (Phi) is 5.38. The van der Waals surface area contributed by atoms with Crippen LogP contribution in [0.15, 0.2) is 77.4 Å². The van der Waals surface area contributed by atoms with Crippen molar-refractivity contribution in [1.82, 2.24) is 20.6 Å². The highest BCUT2D eigenvalue weighted by Crippen LogP contribution is 2.10. The normalized spacial score (nSPS) is 11.9. The monoisotopic (exact) mass is 388 g/mol. The number of hydrogen-bond acceptors (Lipinski definition) is 4. The van der Waals surface area contributed by atoms with Crippen LogP contribution in [0.3, 0.4) is 0 Å². The summed E-state index contributed by atoms with van der Waals surface area (Å²) >= 11 is 0. The van der Waals surface area contributed by atoms with Gasteiger partial charge in [0.25, 0.3) is 5.91 Å². The maximum Gasteiger partial charge on any atom is 0.287 e. The third-order valence-corrected chi connectivity index (χ3v) is 4.52. The summed E-state index contributed by atoms with van der Waals surface area (Å²) < 4.78 is 5.13. The number of hydrogen-bond donors (Lipinski definition) is 3. The number of benzene rings is 2. The minimum Gasteiger partial charge on any atom is -0.459 e. The third kappa shape index (κ3) is 4.52. The molecular weight excluding hydrogens is 368 g/mol. The molecule has 0 aliphatic heterocycles. The van der Waals surface area contributed by atoms with Crippen LogP contribution in [0.5, 0.6) is 0 Å². The van der Waals surface area contributed by atoms with Gasteiger partial charge in [-0.05, 0) is 29.8 Å². The topological polar surface area (TPSA) is 100 Å². The smallest absolute Gasteiger partial charge is 0.287 e. The van der Waals surface area contributed by atoms with E-state index in [0.717, 1.165) is 16.6 Å². The molecule has 2 amide bonds. The summed E-state index contributed by atoms with van der Waals surface area (Å²) in [6, 6.07) is 19.6. The van der Waals surface area contributed by atoms with Crippen LogP contribution < -0.4 is 10.6 Å². The van der Waals surface area contributed by atoms with Crippen molar-refractivity contribution in [2.45, 2.75) is 19.0 Å². The van der Waals surface area contributed by atoms with Crippen LogP contribution in [0.1, 0.15) is 21.9 Å². The van der Waals surface area contributed by atoms with Crippen molar-refractivity contribution < 1.29 is 14.0 Å². The third-order valence-electron chi connectivity index (χ3n) is 4.52. The second kappa shape index (κ2) is 8.43. The van der Waals surface area contributed by atoms with Gasteiger partial charge in [-0.25, -0.2) is 4.98 Å². The molecule has 7 heteroatoms. The number of nitrogens with one attached hydrogen (secondary N) is 3. The zero-order valence-corrected chi connectivity index (χ0v) is 15.6. The molecular formula is C22H20N4O3. The number of aromatic nitrogens is 2. The van der Waals surface area contributed by atoms with Gasteiger partial charge in [0.1, 0.15) is 11.9 Å². The predicted octanol–water partition coefficient (Wildman–Crippen LogP) is 2.81. The fourth-order valence-electron chi connectivity index (χ4n) is 3.08. The Labute approximate surface area is 167 Å². The Morgan fingerprint density at radius 2 is 1.79 bits per heavy atom. The summed E-state index contributed by atoms with van der Waals surface area (Å²) in [5, 5.41) is 5.61. The fourth-order valence-corrected chi connectivity index (χ4v) is 3.08. The van der Waals surface area contributed by atoms with Gasteiger partial charge < -0.3 is 20.0 Å². The quantitative estimate of drug-likeness (QED) is 0.453. The lowest BCUT2D eigenvalue weighted by Crippen LogP contribution is -2.47. The number of rotatable bonds is 7. The first kappa shape index (κ1) is 18.5. The van der Waals surface area contributed by atoms with Crippen LogP contribution in [-0.4, -0.2) is 27.8 Å². The van der Waals surface area contributed by atoms with E-state index in [9.17, 15) is 9.59 Å². The fraction of sp³-hybridized carbons (Fsp3) is 0.136. The van der Waals surface area contributed by atoms with Crippen molar-refractivity contribution in [3.05, 3.63) is 90.1 Å². The van der Waals surface area contributed by atoms with E-state index in [0.29, 0.717) is 12.2 Å². The van der Waals surface area contributed by atoms with E-state index in [-0.39, 0.29) is 18.2 Å².